The maximum atomic E-state index is 12.2. The van der Waals surface area contributed by atoms with E-state index in [1.54, 1.807) is 0 Å². The Bertz CT molecular complexity index is 444. The topological polar surface area (TPSA) is 20.3 Å². The van der Waals surface area contributed by atoms with E-state index in [-0.39, 0.29) is 5.91 Å². The molecular formula is C16H22ClNO. The number of nitrogens with zero attached hydrogens (tertiary/aromatic N) is 1. The third-order valence-corrected chi connectivity index (χ3v) is 3.88. The van der Waals surface area contributed by atoms with E-state index in [1.807, 2.05) is 4.90 Å². The van der Waals surface area contributed by atoms with E-state index in [4.69, 9.17) is 11.6 Å². The summed E-state index contributed by atoms with van der Waals surface area (Å²) in [6.07, 6.45) is 5.76. The fourth-order valence-electron chi connectivity index (χ4n) is 2.64. The molecule has 1 heterocycles. The number of fused-ring (bicyclic) bond motifs is 1. The van der Waals surface area contributed by atoms with Crippen molar-refractivity contribution >= 4 is 23.2 Å². The number of carbonyl (C=O) groups is 1. The summed E-state index contributed by atoms with van der Waals surface area (Å²) in [7, 11) is 0. The van der Waals surface area contributed by atoms with E-state index in [0.717, 1.165) is 44.3 Å². The Morgan fingerprint density at radius 3 is 3.00 bits per heavy atom. The minimum Gasteiger partial charge on any atom is -0.312 e. The molecule has 1 aliphatic heterocycles. The lowest BCUT2D eigenvalue weighted by atomic mass is 9.98. The second-order valence-electron chi connectivity index (χ2n) is 5.15. The number of anilines is 1. The summed E-state index contributed by atoms with van der Waals surface area (Å²) in [6.45, 7) is 2.99. The van der Waals surface area contributed by atoms with Gasteiger partial charge in [0.1, 0.15) is 0 Å². The highest BCUT2D eigenvalue weighted by atomic mass is 35.5. The fourth-order valence-corrected chi connectivity index (χ4v) is 2.86. The molecule has 0 fully saturated rings. The van der Waals surface area contributed by atoms with Crippen molar-refractivity contribution in [2.24, 2.45) is 0 Å². The summed E-state index contributed by atoms with van der Waals surface area (Å²) in [5.41, 5.74) is 3.70. The van der Waals surface area contributed by atoms with E-state index in [0.29, 0.717) is 12.3 Å². The van der Waals surface area contributed by atoms with Crippen LogP contribution < -0.4 is 4.90 Å². The maximum absolute atomic E-state index is 12.2. The van der Waals surface area contributed by atoms with Crippen LogP contribution in [0.5, 0.6) is 0 Å². The van der Waals surface area contributed by atoms with E-state index < -0.39 is 0 Å². The van der Waals surface area contributed by atoms with Gasteiger partial charge in [0.15, 0.2) is 0 Å². The van der Waals surface area contributed by atoms with Crippen molar-refractivity contribution in [1.29, 1.82) is 0 Å². The summed E-state index contributed by atoms with van der Waals surface area (Å²) < 4.78 is 0. The normalized spacial score (nSPS) is 14.3. The zero-order chi connectivity index (χ0) is 13.7. The molecule has 104 valence electrons. The predicted octanol–water partition coefficient (Wildman–Crippen LogP) is 3.94. The highest BCUT2D eigenvalue weighted by Crippen LogP contribution is 2.29. The first-order chi connectivity index (χ1) is 9.26. The Morgan fingerprint density at radius 2 is 2.26 bits per heavy atom. The van der Waals surface area contributed by atoms with Crippen LogP contribution in [0.1, 0.15) is 43.7 Å². The molecular weight excluding hydrogens is 258 g/mol. The van der Waals surface area contributed by atoms with E-state index in [9.17, 15) is 4.79 Å². The number of amides is 1. The van der Waals surface area contributed by atoms with Crippen LogP contribution in [-0.4, -0.2) is 18.3 Å². The Labute approximate surface area is 120 Å². The zero-order valence-electron chi connectivity index (χ0n) is 11.6. The minimum absolute atomic E-state index is 0.271. The van der Waals surface area contributed by atoms with E-state index in [1.165, 1.54) is 11.1 Å². The smallest absolute Gasteiger partial charge is 0.226 e. The van der Waals surface area contributed by atoms with E-state index in [2.05, 4.69) is 25.1 Å². The Morgan fingerprint density at radius 1 is 1.42 bits per heavy atom. The Hall–Kier alpha value is -1.02. The maximum Gasteiger partial charge on any atom is 0.226 e. The predicted molar refractivity (Wildman–Crippen MR) is 81.1 cm³/mol. The minimum atomic E-state index is 0.271. The number of rotatable bonds is 5. The van der Waals surface area contributed by atoms with Gasteiger partial charge < -0.3 is 4.90 Å². The highest BCUT2D eigenvalue weighted by molar-refractivity contribution is 6.18. The number of hydrogen-bond acceptors (Lipinski definition) is 1. The third kappa shape index (κ3) is 3.50. The Balaban J connectivity index is 2.17. The monoisotopic (exact) mass is 279 g/mol. The van der Waals surface area contributed by atoms with Gasteiger partial charge in [0.25, 0.3) is 0 Å². The summed E-state index contributed by atoms with van der Waals surface area (Å²) in [4.78, 5) is 14.2. The van der Waals surface area contributed by atoms with Crippen LogP contribution in [0.15, 0.2) is 18.2 Å². The van der Waals surface area contributed by atoms with Crippen LogP contribution in [0, 0.1) is 0 Å². The van der Waals surface area contributed by atoms with Gasteiger partial charge in [0, 0.05) is 24.5 Å². The van der Waals surface area contributed by atoms with Gasteiger partial charge in [0.2, 0.25) is 5.91 Å². The number of carbonyl (C=O) groups excluding carboxylic acids is 1. The fraction of sp³-hybridized carbons (Fsp3) is 0.562. The number of hydrogen-bond donors (Lipinski definition) is 0. The lowest BCUT2D eigenvalue weighted by molar-refractivity contribution is -0.118. The van der Waals surface area contributed by atoms with Crippen molar-refractivity contribution in [1.82, 2.24) is 0 Å². The molecule has 1 aromatic rings. The van der Waals surface area contributed by atoms with Crippen molar-refractivity contribution in [3.8, 4) is 0 Å². The lowest BCUT2D eigenvalue weighted by Gasteiger charge is -2.30. The molecule has 0 aliphatic carbocycles. The quantitative estimate of drug-likeness (QED) is 0.748. The number of aryl methyl sites for hydroxylation is 2. The molecule has 2 rings (SSSR count). The highest BCUT2D eigenvalue weighted by Gasteiger charge is 2.21. The van der Waals surface area contributed by atoms with Crippen molar-refractivity contribution in [2.45, 2.75) is 45.4 Å². The second kappa shape index (κ2) is 6.95. The molecule has 0 aromatic heterocycles. The molecule has 0 bridgehead atoms. The van der Waals surface area contributed by atoms with Crippen LogP contribution in [-0.2, 0) is 17.6 Å². The molecule has 1 amide bonds. The molecule has 1 aliphatic rings. The molecule has 0 radical (unpaired) electrons. The van der Waals surface area contributed by atoms with E-state index >= 15 is 0 Å². The van der Waals surface area contributed by atoms with Gasteiger partial charge >= 0.3 is 0 Å². The molecule has 0 spiro atoms. The van der Waals surface area contributed by atoms with Crippen LogP contribution in [0.25, 0.3) is 0 Å². The summed E-state index contributed by atoms with van der Waals surface area (Å²) in [5.74, 6) is 0.922. The van der Waals surface area contributed by atoms with Crippen molar-refractivity contribution in [2.75, 3.05) is 17.3 Å². The van der Waals surface area contributed by atoms with Gasteiger partial charge in [-0.05, 0) is 42.9 Å². The van der Waals surface area contributed by atoms with Crippen molar-refractivity contribution < 1.29 is 4.79 Å². The first-order valence-corrected chi connectivity index (χ1v) is 7.78. The number of benzene rings is 1. The summed E-state index contributed by atoms with van der Waals surface area (Å²) in [6, 6.07) is 6.42. The van der Waals surface area contributed by atoms with Gasteiger partial charge in [-0.15, -0.1) is 11.6 Å². The van der Waals surface area contributed by atoms with Gasteiger partial charge in [-0.25, -0.2) is 0 Å². The number of alkyl halides is 1. The van der Waals surface area contributed by atoms with Gasteiger partial charge in [-0.2, -0.15) is 0 Å². The molecule has 0 saturated heterocycles. The zero-order valence-corrected chi connectivity index (χ0v) is 12.4. The summed E-state index contributed by atoms with van der Waals surface area (Å²) >= 11 is 5.79. The van der Waals surface area contributed by atoms with Crippen LogP contribution in [0.4, 0.5) is 5.69 Å². The van der Waals surface area contributed by atoms with Gasteiger partial charge in [-0.1, -0.05) is 25.5 Å². The molecule has 1 aromatic carbocycles. The first kappa shape index (κ1) is 14.4. The van der Waals surface area contributed by atoms with Gasteiger partial charge in [-0.3, -0.25) is 4.79 Å². The Kier molecular flexibility index (Phi) is 5.26. The largest absolute Gasteiger partial charge is 0.312 e. The van der Waals surface area contributed by atoms with Crippen LogP contribution >= 0.6 is 11.6 Å². The van der Waals surface area contributed by atoms with Crippen LogP contribution in [0.2, 0.25) is 0 Å². The molecule has 0 saturated carbocycles. The standard InChI is InChI=1S/C16H22ClNO/c1-2-3-6-16(19)18-11-4-5-14-12-13(9-10-17)7-8-15(14)18/h7-8,12H,2-6,9-11H2,1H3. The average Bonchev–Trinajstić information content (AvgIpc) is 2.44. The SMILES string of the molecule is CCCCC(=O)N1CCCc2cc(CCCl)ccc21. The van der Waals surface area contributed by atoms with Crippen molar-refractivity contribution in [3.63, 3.8) is 0 Å². The number of halogens is 1. The molecule has 2 nitrogen and oxygen atoms in total. The number of unbranched alkanes of at least 4 members (excludes halogenated alkanes) is 1. The first-order valence-electron chi connectivity index (χ1n) is 7.24. The lowest BCUT2D eigenvalue weighted by Crippen LogP contribution is -2.35. The third-order valence-electron chi connectivity index (χ3n) is 3.69. The molecule has 0 unspecified atom stereocenters. The van der Waals surface area contributed by atoms with Gasteiger partial charge in [0.05, 0.1) is 0 Å². The van der Waals surface area contributed by atoms with Crippen molar-refractivity contribution in [3.05, 3.63) is 29.3 Å². The molecule has 19 heavy (non-hydrogen) atoms. The summed E-state index contributed by atoms with van der Waals surface area (Å²) in [5, 5.41) is 0. The molecule has 3 heteroatoms. The molecule has 0 N–H and O–H groups in total. The van der Waals surface area contributed by atoms with Crippen LogP contribution in [0.3, 0.4) is 0 Å². The second-order valence-corrected chi connectivity index (χ2v) is 5.53. The molecule has 0 atom stereocenters. The average molecular weight is 280 g/mol.